The molecule has 0 N–H and O–H groups in total. The molecule has 0 fully saturated rings. The van der Waals surface area contributed by atoms with E-state index >= 15 is 0 Å². The van der Waals surface area contributed by atoms with Crippen LogP contribution in [0, 0.1) is 11.3 Å². The van der Waals surface area contributed by atoms with Gasteiger partial charge in [-0.2, -0.15) is 5.26 Å². The molecule has 39 heavy (non-hydrogen) atoms. The van der Waals surface area contributed by atoms with Crippen LogP contribution in [0.1, 0.15) is 22.6 Å². The Hall–Kier alpha value is -4.71. The van der Waals surface area contributed by atoms with Crippen LogP contribution in [0.4, 0.5) is 0 Å². The summed E-state index contributed by atoms with van der Waals surface area (Å²) in [6.07, 6.45) is 0. The van der Waals surface area contributed by atoms with Crippen molar-refractivity contribution in [3.63, 3.8) is 0 Å². The zero-order chi connectivity index (χ0) is 26.4. The van der Waals surface area contributed by atoms with Crippen molar-refractivity contribution in [3.8, 4) is 28.7 Å². The number of benzene rings is 4. The van der Waals surface area contributed by atoms with Gasteiger partial charge < -0.3 is 13.6 Å². The first-order valence-electron chi connectivity index (χ1n) is 12.3. The topological polar surface area (TPSA) is 98.0 Å². The highest BCUT2D eigenvalue weighted by Crippen LogP contribution is 2.29. The van der Waals surface area contributed by atoms with Crippen molar-refractivity contribution < 1.29 is 13.6 Å². The number of nitrogens with zero attached hydrogens (tertiary/aromatic N) is 4. The lowest BCUT2D eigenvalue weighted by Gasteiger charge is -2.04. The number of ether oxygens (including phenoxy) is 1. The van der Waals surface area contributed by atoms with Gasteiger partial charge in [0.25, 0.3) is 5.22 Å². The Balaban J connectivity index is 1.07. The van der Waals surface area contributed by atoms with E-state index < -0.39 is 0 Å². The predicted molar refractivity (Wildman–Crippen MR) is 148 cm³/mol. The zero-order valence-corrected chi connectivity index (χ0v) is 21.6. The second-order valence-electron chi connectivity index (χ2n) is 8.82. The van der Waals surface area contributed by atoms with Gasteiger partial charge in [0.1, 0.15) is 12.1 Å². The average molecular weight is 531 g/mol. The number of nitriles is 1. The van der Waals surface area contributed by atoms with Crippen LogP contribution in [-0.4, -0.2) is 15.2 Å². The lowest BCUT2D eigenvalue weighted by Crippen LogP contribution is -1.93. The van der Waals surface area contributed by atoms with Gasteiger partial charge in [0.05, 0.1) is 18.2 Å². The highest BCUT2D eigenvalue weighted by atomic mass is 32.2. The number of aromatic nitrogens is 3. The summed E-state index contributed by atoms with van der Waals surface area (Å²) in [5.41, 5.74) is 7.10. The largest absolute Gasteiger partial charge is 0.438 e. The Labute approximate surface area is 229 Å². The molecular formula is C31H22N4O3S. The summed E-state index contributed by atoms with van der Waals surface area (Å²) in [5.74, 6) is 1.63. The summed E-state index contributed by atoms with van der Waals surface area (Å²) < 4.78 is 17.5. The molecule has 2 heterocycles. The molecule has 6 rings (SSSR count). The fourth-order valence-corrected chi connectivity index (χ4v) is 4.81. The van der Waals surface area contributed by atoms with Crippen LogP contribution in [0.15, 0.2) is 111 Å². The molecule has 2 aromatic heterocycles. The fourth-order valence-electron chi connectivity index (χ4n) is 4.09. The molecular weight excluding hydrogens is 508 g/mol. The van der Waals surface area contributed by atoms with E-state index in [0.29, 0.717) is 40.5 Å². The van der Waals surface area contributed by atoms with Crippen LogP contribution >= 0.6 is 11.8 Å². The minimum atomic E-state index is 0.285. The van der Waals surface area contributed by atoms with Crippen molar-refractivity contribution in [2.45, 2.75) is 24.2 Å². The maximum absolute atomic E-state index is 9.13. The van der Waals surface area contributed by atoms with Crippen molar-refractivity contribution in [2.24, 2.45) is 0 Å². The molecule has 0 amide bonds. The van der Waals surface area contributed by atoms with E-state index in [1.165, 1.54) is 11.8 Å². The van der Waals surface area contributed by atoms with Gasteiger partial charge in [-0.3, -0.25) is 0 Å². The monoisotopic (exact) mass is 530 g/mol. The van der Waals surface area contributed by atoms with Crippen LogP contribution < -0.4 is 0 Å². The third-order valence-electron chi connectivity index (χ3n) is 6.06. The van der Waals surface area contributed by atoms with Gasteiger partial charge in [-0.05, 0) is 52.6 Å². The lowest BCUT2D eigenvalue weighted by molar-refractivity contribution is 0.0907. The van der Waals surface area contributed by atoms with Crippen molar-refractivity contribution in [1.82, 2.24) is 15.2 Å². The Kier molecular flexibility index (Phi) is 7.17. The minimum Gasteiger partial charge on any atom is -0.438 e. The van der Waals surface area contributed by atoms with E-state index in [1.807, 2.05) is 66.7 Å². The second kappa shape index (κ2) is 11.4. The third kappa shape index (κ3) is 5.91. The first kappa shape index (κ1) is 24.6. The van der Waals surface area contributed by atoms with Gasteiger partial charge in [-0.15, -0.1) is 10.2 Å². The second-order valence-corrected chi connectivity index (χ2v) is 9.75. The molecule has 0 atom stereocenters. The van der Waals surface area contributed by atoms with Gasteiger partial charge in [0.15, 0.2) is 5.58 Å². The number of oxazole rings is 1. The third-order valence-corrected chi connectivity index (χ3v) is 6.95. The molecule has 0 spiro atoms. The Morgan fingerprint density at radius 3 is 2.44 bits per heavy atom. The lowest BCUT2D eigenvalue weighted by atomic mass is 10.0. The summed E-state index contributed by atoms with van der Waals surface area (Å²) in [5, 5.41) is 18.0. The molecule has 0 radical (unpaired) electrons. The first-order valence-corrected chi connectivity index (χ1v) is 13.3. The van der Waals surface area contributed by atoms with Crippen molar-refractivity contribution in [1.29, 1.82) is 5.26 Å². The van der Waals surface area contributed by atoms with Crippen molar-refractivity contribution in [2.75, 3.05) is 0 Å². The normalized spacial score (nSPS) is 11.1. The zero-order valence-electron chi connectivity index (χ0n) is 20.8. The van der Waals surface area contributed by atoms with Gasteiger partial charge in [0, 0.05) is 11.3 Å². The summed E-state index contributed by atoms with van der Waals surface area (Å²) in [7, 11) is 0. The van der Waals surface area contributed by atoms with Crippen LogP contribution in [0.5, 0.6) is 0 Å². The van der Waals surface area contributed by atoms with E-state index in [9.17, 15) is 0 Å². The molecule has 0 unspecified atom stereocenters. The molecule has 0 aliphatic rings. The van der Waals surface area contributed by atoms with Gasteiger partial charge in [-0.25, -0.2) is 4.98 Å². The van der Waals surface area contributed by atoms with Crippen molar-refractivity contribution in [3.05, 3.63) is 120 Å². The van der Waals surface area contributed by atoms with Gasteiger partial charge in [-0.1, -0.05) is 78.5 Å². The quantitative estimate of drug-likeness (QED) is 0.178. The van der Waals surface area contributed by atoms with Gasteiger partial charge >= 0.3 is 0 Å². The van der Waals surface area contributed by atoms with E-state index in [0.717, 1.165) is 33.3 Å². The molecule has 190 valence electrons. The Bertz CT molecular complexity index is 1750. The molecule has 4 aromatic carbocycles. The van der Waals surface area contributed by atoms with Crippen LogP contribution in [0.2, 0.25) is 0 Å². The first-order chi connectivity index (χ1) is 19.2. The van der Waals surface area contributed by atoms with Gasteiger partial charge in [0.2, 0.25) is 11.8 Å². The van der Waals surface area contributed by atoms with Crippen LogP contribution in [0.25, 0.3) is 33.7 Å². The van der Waals surface area contributed by atoms with Crippen molar-refractivity contribution >= 4 is 22.9 Å². The van der Waals surface area contributed by atoms with E-state index in [1.54, 1.807) is 6.07 Å². The summed E-state index contributed by atoms with van der Waals surface area (Å²) in [6, 6.07) is 33.6. The maximum atomic E-state index is 9.13. The number of hydrogen-bond acceptors (Lipinski definition) is 8. The number of hydrogen-bond donors (Lipinski definition) is 0. The average Bonchev–Trinajstić information content (AvgIpc) is 3.63. The summed E-state index contributed by atoms with van der Waals surface area (Å²) >= 11 is 1.48. The molecule has 0 bridgehead atoms. The molecule has 6 aromatic rings. The standard InChI is InChI=1S/C31H22N4O3S/c32-17-23-7-4-8-25(15-23)24-11-9-22(10-12-24)20-39-31-35-34-30(38-31)26-13-14-27-28(16-26)37-29(33-27)19-36-18-21-5-2-1-3-6-21/h1-16H,18-20H2. The van der Waals surface area contributed by atoms with Crippen LogP contribution in [0.3, 0.4) is 0 Å². The Morgan fingerprint density at radius 1 is 0.744 bits per heavy atom. The molecule has 0 saturated heterocycles. The smallest absolute Gasteiger partial charge is 0.277 e. The Morgan fingerprint density at radius 2 is 1.59 bits per heavy atom. The highest BCUT2D eigenvalue weighted by Gasteiger charge is 2.13. The fraction of sp³-hybridized carbons (Fsp3) is 0.0968. The predicted octanol–water partition coefficient (Wildman–Crippen LogP) is 7.43. The summed E-state index contributed by atoms with van der Waals surface area (Å²) in [6.45, 7) is 0.779. The molecule has 0 saturated carbocycles. The number of fused-ring (bicyclic) bond motifs is 1. The highest BCUT2D eigenvalue weighted by molar-refractivity contribution is 7.98. The maximum Gasteiger partial charge on any atom is 0.277 e. The summed E-state index contributed by atoms with van der Waals surface area (Å²) in [4.78, 5) is 4.50. The molecule has 0 aliphatic carbocycles. The molecule has 7 nitrogen and oxygen atoms in total. The minimum absolute atomic E-state index is 0.285. The van der Waals surface area contributed by atoms with Crippen LogP contribution in [-0.2, 0) is 23.7 Å². The SMILES string of the molecule is N#Cc1cccc(-c2ccc(CSc3nnc(-c4ccc5nc(COCc6ccccc6)oc5c4)o3)cc2)c1. The number of thioether (sulfide) groups is 1. The molecule has 8 heteroatoms. The van der Waals surface area contributed by atoms with E-state index in [-0.39, 0.29) is 6.61 Å². The number of rotatable bonds is 9. The van der Waals surface area contributed by atoms with E-state index in [4.69, 9.17) is 18.8 Å². The molecule has 0 aliphatic heterocycles. The van der Waals surface area contributed by atoms with E-state index in [2.05, 4.69) is 45.5 Å².